The van der Waals surface area contributed by atoms with Crippen LogP contribution in [0, 0.1) is 0 Å². The molecule has 0 aliphatic heterocycles. The van der Waals surface area contributed by atoms with Crippen LogP contribution in [-0.2, 0) is 11.3 Å². The van der Waals surface area contributed by atoms with E-state index in [1.165, 1.54) is 0 Å². The van der Waals surface area contributed by atoms with Crippen LogP contribution < -0.4 is 20.7 Å². The number of methoxy groups -OCH3 is 1. The number of benzene rings is 2. The van der Waals surface area contributed by atoms with Gasteiger partial charge >= 0.3 is 0 Å². The molecule has 2 aromatic carbocycles. The first kappa shape index (κ1) is 18.2. The summed E-state index contributed by atoms with van der Waals surface area (Å²) < 4.78 is 5.94. The minimum Gasteiger partial charge on any atom is -0.497 e. The van der Waals surface area contributed by atoms with Crippen LogP contribution >= 0.6 is 28.1 Å². The van der Waals surface area contributed by atoms with Gasteiger partial charge in [0.05, 0.1) is 19.3 Å². The van der Waals surface area contributed by atoms with E-state index in [1.54, 1.807) is 7.11 Å². The molecule has 2 rings (SSSR count). The van der Waals surface area contributed by atoms with Gasteiger partial charge in [0, 0.05) is 11.0 Å². The van der Waals surface area contributed by atoms with E-state index in [1.807, 2.05) is 48.5 Å². The smallest absolute Gasteiger partial charge is 0.243 e. The Balaban J connectivity index is 1.72. The molecule has 0 saturated carbocycles. The Morgan fingerprint density at radius 1 is 1.12 bits per heavy atom. The fraction of sp³-hybridized carbons (Fsp3) is 0.176. The van der Waals surface area contributed by atoms with Crippen molar-refractivity contribution in [3.8, 4) is 5.75 Å². The van der Waals surface area contributed by atoms with Crippen LogP contribution in [0.15, 0.2) is 53.0 Å². The Morgan fingerprint density at radius 3 is 2.50 bits per heavy atom. The van der Waals surface area contributed by atoms with Gasteiger partial charge in [-0.25, -0.2) is 0 Å². The summed E-state index contributed by atoms with van der Waals surface area (Å²) in [6.07, 6.45) is 0. The van der Waals surface area contributed by atoms with Crippen molar-refractivity contribution in [3.63, 3.8) is 0 Å². The number of rotatable bonds is 6. The molecule has 2 aromatic rings. The Morgan fingerprint density at radius 2 is 1.83 bits per heavy atom. The molecule has 0 fully saturated rings. The number of carbonyl (C=O) groups excluding carboxylic acids is 1. The van der Waals surface area contributed by atoms with Gasteiger partial charge in [-0.2, -0.15) is 0 Å². The van der Waals surface area contributed by atoms with Gasteiger partial charge < -0.3 is 20.7 Å². The topological polar surface area (TPSA) is 62.4 Å². The first-order valence-electron chi connectivity index (χ1n) is 7.27. The zero-order valence-electron chi connectivity index (χ0n) is 13.1. The van der Waals surface area contributed by atoms with Crippen molar-refractivity contribution in [2.45, 2.75) is 6.54 Å². The van der Waals surface area contributed by atoms with Gasteiger partial charge in [-0.3, -0.25) is 4.79 Å². The Kier molecular flexibility index (Phi) is 7.02. The number of halogens is 1. The Labute approximate surface area is 154 Å². The molecule has 0 atom stereocenters. The molecule has 3 N–H and O–H groups in total. The standard InChI is InChI=1S/C17H18BrN3O2S/c1-23-13-8-6-12(7-9-13)10-19-17(24)20-11-16(22)21-15-5-3-2-4-14(15)18/h2-9H,10-11H2,1H3,(H,21,22)(H2,19,20,24). The molecule has 0 radical (unpaired) electrons. The average molecular weight is 408 g/mol. The Bertz CT molecular complexity index is 707. The molecular formula is C17H18BrN3O2S. The van der Waals surface area contributed by atoms with Crippen LogP contribution in [0.1, 0.15) is 5.56 Å². The third-order valence-corrected chi connectivity index (χ3v) is 4.15. The van der Waals surface area contributed by atoms with Crippen molar-refractivity contribution >= 4 is 44.9 Å². The second-order valence-electron chi connectivity index (χ2n) is 4.91. The fourth-order valence-corrected chi connectivity index (χ4v) is 2.43. The number of carbonyl (C=O) groups is 1. The number of amides is 1. The summed E-state index contributed by atoms with van der Waals surface area (Å²) >= 11 is 8.56. The molecule has 0 aromatic heterocycles. The quantitative estimate of drug-likeness (QED) is 0.642. The minimum atomic E-state index is -0.171. The number of para-hydroxylation sites is 1. The number of nitrogens with one attached hydrogen (secondary N) is 3. The second kappa shape index (κ2) is 9.24. The van der Waals surface area contributed by atoms with Crippen molar-refractivity contribution < 1.29 is 9.53 Å². The SMILES string of the molecule is COc1ccc(CNC(=S)NCC(=O)Nc2ccccc2Br)cc1. The van der Waals surface area contributed by atoms with E-state index in [-0.39, 0.29) is 12.5 Å². The summed E-state index contributed by atoms with van der Waals surface area (Å²) in [5, 5.41) is 9.17. The summed E-state index contributed by atoms with van der Waals surface area (Å²) in [7, 11) is 1.63. The third kappa shape index (κ3) is 5.82. The van der Waals surface area contributed by atoms with E-state index in [2.05, 4.69) is 31.9 Å². The predicted octanol–water partition coefficient (Wildman–Crippen LogP) is 3.06. The highest BCUT2D eigenvalue weighted by Gasteiger charge is 2.05. The number of ether oxygens (including phenoxy) is 1. The third-order valence-electron chi connectivity index (χ3n) is 3.17. The molecule has 126 valence electrons. The molecule has 24 heavy (non-hydrogen) atoms. The van der Waals surface area contributed by atoms with Crippen LogP contribution in [0.4, 0.5) is 5.69 Å². The molecule has 5 nitrogen and oxygen atoms in total. The molecular weight excluding hydrogens is 390 g/mol. The highest BCUT2D eigenvalue weighted by atomic mass is 79.9. The second-order valence-corrected chi connectivity index (χ2v) is 6.17. The van der Waals surface area contributed by atoms with Gasteiger partial charge in [0.1, 0.15) is 5.75 Å². The van der Waals surface area contributed by atoms with E-state index in [0.29, 0.717) is 11.7 Å². The molecule has 0 spiro atoms. The average Bonchev–Trinajstić information content (AvgIpc) is 2.60. The lowest BCUT2D eigenvalue weighted by molar-refractivity contribution is -0.115. The van der Waals surface area contributed by atoms with Gasteiger partial charge in [-0.15, -0.1) is 0 Å². The molecule has 0 saturated heterocycles. The van der Waals surface area contributed by atoms with Crippen molar-refractivity contribution in [1.82, 2.24) is 10.6 Å². The maximum absolute atomic E-state index is 11.9. The van der Waals surface area contributed by atoms with Gasteiger partial charge in [-0.1, -0.05) is 24.3 Å². The van der Waals surface area contributed by atoms with Crippen LogP contribution in [0.25, 0.3) is 0 Å². The van der Waals surface area contributed by atoms with Crippen molar-refractivity contribution in [1.29, 1.82) is 0 Å². The monoisotopic (exact) mass is 407 g/mol. The highest BCUT2D eigenvalue weighted by Crippen LogP contribution is 2.20. The Hall–Kier alpha value is -2.12. The molecule has 0 aliphatic rings. The summed E-state index contributed by atoms with van der Waals surface area (Å²) in [6.45, 7) is 0.664. The van der Waals surface area contributed by atoms with Crippen molar-refractivity contribution in [3.05, 3.63) is 58.6 Å². The molecule has 1 amide bonds. The lowest BCUT2D eigenvalue weighted by Gasteiger charge is -2.11. The van der Waals surface area contributed by atoms with Gasteiger partial charge in [0.15, 0.2) is 5.11 Å². The fourth-order valence-electron chi connectivity index (χ4n) is 1.91. The highest BCUT2D eigenvalue weighted by molar-refractivity contribution is 9.10. The van der Waals surface area contributed by atoms with Crippen LogP contribution in [0.2, 0.25) is 0 Å². The lowest BCUT2D eigenvalue weighted by atomic mass is 10.2. The van der Waals surface area contributed by atoms with Crippen LogP contribution in [0.3, 0.4) is 0 Å². The van der Waals surface area contributed by atoms with Gasteiger partial charge in [-0.05, 0) is 58.0 Å². The summed E-state index contributed by atoms with van der Waals surface area (Å²) in [6, 6.07) is 15.1. The van der Waals surface area contributed by atoms with Crippen LogP contribution in [-0.4, -0.2) is 24.7 Å². The van der Waals surface area contributed by atoms with E-state index in [9.17, 15) is 4.79 Å². The zero-order valence-corrected chi connectivity index (χ0v) is 15.5. The summed E-state index contributed by atoms with van der Waals surface area (Å²) in [5.74, 6) is 0.638. The van der Waals surface area contributed by atoms with E-state index in [0.717, 1.165) is 21.5 Å². The lowest BCUT2D eigenvalue weighted by Crippen LogP contribution is -2.39. The van der Waals surface area contributed by atoms with Crippen molar-refractivity contribution in [2.24, 2.45) is 0 Å². The maximum Gasteiger partial charge on any atom is 0.243 e. The largest absolute Gasteiger partial charge is 0.497 e. The summed E-state index contributed by atoms with van der Waals surface area (Å²) in [4.78, 5) is 11.9. The number of hydrogen-bond acceptors (Lipinski definition) is 3. The van der Waals surface area contributed by atoms with Crippen LogP contribution in [0.5, 0.6) is 5.75 Å². The number of thiocarbonyl (C=S) groups is 1. The predicted molar refractivity (Wildman–Crippen MR) is 103 cm³/mol. The zero-order chi connectivity index (χ0) is 17.4. The van der Waals surface area contributed by atoms with E-state index in [4.69, 9.17) is 17.0 Å². The first-order chi connectivity index (χ1) is 11.6. The maximum atomic E-state index is 11.9. The minimum absolute atomic E-state index is 0.0930. The molecule has 0 aliphatic carbocycles. The molecule has 0 unspecified atom stereocenters. The van der Waals surface area contributed by atoms with E-state index < -0.39 is 0 Å². The van der Waals surface area contributed by atoms with Gasteiger partial charge in [0.2, 0.25) is 5.91 Å². The number of hydrogen-bond donors (Lipinski definition) is 3. The molecule has 7 heteroatoms. The van der Waals surface area contributed by atoms with E-state index >= 15 is 0 Å². The van der Waals surface area contributed by atoms with Gasteiger partial charge in [0.25, 0.3) is 0 Å². The summed E-state index contributed by atoms with van der Waals surface area (Å²) in [5.41, 5.74) is 1.79. The van der Waals surface area contributed by atoms with Crippen molar-refractivity contribution in [2.75, 3.05) is 19.0 Å². The molecule has 0 heterocycles. The number of anilines is 1. The first-order valence-corrected chi connectivity index (χ1v) is 8.47. The molecule has 0 bridgehead atoms. The normalized spacial score (nSPS) is 9.92.